The molecule has 0 atom stereocenters. The van der Waals surface area contributed by atoms with E-state index in [-0.39, 0.29) is 4.90 Å². The van der Waals surface area contributed by atoms with Crippen LogP contribution in [0.4, 0.5) is 15.8 Å². The van der Waals surface area contributed by atoms with Gasteiger partial charge in [-0.25, -0.2) is 12.8 Å². The molecule has 0 aliphatic rings. The van der Waals surface area contributed by atoms with E-state index in [9.17, 15) is 17.6 Å². The second kappa shape index (κ2) is 9.09. The molecule has 0 spiro atoms. The number of nitrogens with one attached hydrogen (secondary N) is 1. The Kier molecular flexibility index (Phi) is 6.52. The van der Waals surface area contributed by atoms with E-state index in [1.165, 1.54) is 12.1 Å². The zero-order valence-corrected chi connectivity index (χ0v) is 17.6. The van der Waals surface area contributed by atoms with Gasteiger partial charge in [0.2, 0.25) is 5.91 Å². The number of sulfonamides is 1. The van der Waals surface area contributed by atoms with E-state index in [2.05, 4.69) is 5.32 Å². The van der Waals surface area contributed by atoms with Crippen molar-refractivity contribution < 1.29 is 17.6 Å². The van der Waals surface area contributed by atoms with Crippen LogP contribution < -0.4 is 9.62 Å². The smallest absolute Gasteiger partial charge is 0.264 e. The van der Waals surface area contributed by atoms with Crippen molar-refractivity contribution in [3.63, 3.8) is 0 Å². The van der Waals surface area contributed by atoms with Gasteiger partial charge in [-0.2, -0.15) is 0 Å². The lowest BCUT2D eigenvalue weighted by molar-refractivity contribution is -0.114. The first-order valence-corrected chi connectivity index (χ1v) is 11.0. The van der Waals surface area contributed by atoms with Crippen LogP contribution in [0.1, 0.15) is 18.1 Å². The Morgan fingerprint density at radius 3 is 2.10 bits per heavy atom. The molecule has 0 heterocycles. The Morgan fingerprint density at radius 1 is 0.933 bits per heavy atom. The molecule has 0 unspecified atom stereocenters. The Bertz CT molecular complexity index is 1110. The minimum absolute atomic E-state index is 0.0930. The molecule has 3 aromatic rings. The Labute approximate surface area is 176 Å². The van der Waals surface area contributed by atoms with Gasteiger partial charge in [0.15, 0.2) is 0 Å². The summed E-state index contributed by atoms with van der Waals surface area (Å²) in [7, 11) is -4.08. The fourth-order valence-electron chi connectivity index (χ4n) is 2.91. The minimum Gasteiger partial charge on any atom is -0.325 e. The number of hydrogen-bond donors (Lipinski definition) is 1. The van der Waals surface area contributed by atoms with Gasteiger partial charge in [-0.3, -0.25) is 9.10 Å². The van der Waals surface area contributed by atoms with Gasteiger partial charge in [0.25, 0.3) is 10.0 Å². The van der Waals surface area contributed by atoms with Crippen molar-refractivity contribution in [1.29, 1.82) is 0 Å². The van der Waals surface area contributed by atoms with Crippen LogP contribution in [-0.4, -0.2) is 20.9 Å². The van der Waals surface area contributed by atoms with Crippen molar-refractivity contribution in [2.75, 3.05) is 16.2 Å². The summed E-state index contributed by atoms with van der Waals surface area (Å²) >= 11 is 0. The number of benzene rings is 3. The molecule has 0 aliphatic carbocycles. The fraction of sp³-hybridized carbons (Fsp3) is 0.174. The van der Waals surface area contributed by atoms with Crippen LogP contribution in [-0.2, 0) is 21.2 Å². The maximum Gasteiger partial charge on any atom is 0.264 e. The van der Waals surface area contributed by atoms with Crippen LogP contribution in [0, 0.1) is 12.7 Å². The third kappa shape index (κ3) is 5.04. The lowest BCUT2D eigenvalue weighted by Gasteiger charge is -2.24. The van der Waals surface area contributed by atoms with E-state index in [1.807, 2.05) is 26.0 Å². The van der Waals surface area contributed by atoms with E-state index in [0.29, 0.717) is 11.4 Å². The van der Waals surface area contributed by atoms with Gasteiger partial charge in [0.05, 0.1) is 10.6 Å². The van der Waals surface area contributed by atoms with Crippen molar-refractivity contribution in [1.82, 2.24) is 0 Å². The number of aryl methyl sites for hydroxylation is 2. The maximum atomic E-state index is 13.3. The summed E-state index contributed by atoms with van der Waals surface area (Å²) in [5.74, 6) is -1.02. The molecule has 0 radical (unpaired) electrons. The predicted molar refractivity (Wildman–Crippen MR) is 117 cm³/mol. The largest absolute Gasteiger partial charge is 0.325 e. The molecule has 156 valence electrons. The highest BCUT2D eigenvalue weighted by molar-refractivity contribution is 7.92. The monoisotopic (exact) mass is 426 g/mol. The van der Waals surface area contributed by atoms with Gasteiger partial charge >= 0.3 is 0 Å². The van der Waals surface area contributed by atoms with Gasteiger partial charge in [-0.1, -0.05) is 36.8 Å². The van der Waals surface area contributed by atoms with Crippen LogP contribution in [0.15, 0.2) is 77.7 Å². The van der Waals surface area contributed by atoms with Gasteiger partial charge in [0, 0.05) is 5.69 Å². The molecule has 7 heteroatoms. The quantitative estimate of drug-likeness (QED) is 0.604. The third-order valence-corrected chi connectivity index (χ3v) is 6.44. The molecule has 3 aromatic carbocycles. The van der Waals surface area contributed by atoms with Crippen molar-refractivity contribution >= 4 is 27.3 Å². The van der Waals surface area contributed by atoms with E-state index < -0.39 is 28.3 Å². The molecule has 0 bridgehead atoms. The standard InChI is InChI=1S/C23H23FN2O3S/c1-3-18-6-10-20(11-7-18)25-23(27)16-26(21-12-4-17(2)5-13-21)30(28,29)22-14-8-19(24)9-15-22/h4-15H,3,16H2,1-2H3,(H,25,27). The van der Waals surface area contributed by atoms with Crippen molar-refractivity contribution in [2.24, 2.45) is 0 Å². The summed E-state index contributed by atoms with van der Waals surface area (Å²) in [5, 5.41) is 2.73. The normalized spacial score (nSPS) is 11.2. The number of rotatable bonds is 7. The van der Waals surface area contributed by atoms with Crippen molar-refractivity contribution in [3.05, 3.63) is 89.7 Å². The van der Waals surface area contributed by atoms with Crippen molar-refractivity contribution in [2.45, 2.75) is 25.2 Å². The Hall–Kier alpha value is -3.19. The number of carbonyl (C=O) groups excluding carboxylic acids is 1. The average Bonchev–Trinajstić information content (AvgIpc) is 2.73. The molecule has 1 N–H and O–H groups in total. The van der Waals surface area contributed by atoms with E-state index in [1.54, 1.807) is 36.4 Å². The van der Waals surface area contributed by atoms with E-state index in [4.69, 9.17) is 0 Å². The van der Waals surface area contributed by atoms with Crippen LogP contribution in [0.2, 0.25) is 0 Å². The van der Waals surface area contributed by atoms with Gasteiger partial charge in [0.1, 0.15) is 12.4 Å². The SMILES string of the molecule is CCc1ccc(NC(=O)CN(c2ccc(C)cc2)S(=O)(=O)c2ccc(F)cc2)cc1. The highest BCUT2D eigenvalue weighted by atomic mass is 32.2. The predicted octanol–water partition coefficient (Wildman–Crippen LogP) is 4.53. The highest BCUT2D eigenvalue weighted by Gasteiger charge is 2.27. The first-order valence-electron chi connectivity index (χ1n) is 9.53. The molecule has 3 rings (SSSR count). The average molecular weight is 427 g/mol. The number of carbonyl (C=O) groups is 1. The van der Waals surface area contributed by atoms with Crippen LogP contribution in [0.25, 0.3) is 0 Å². The molecular weight excluding hydrogens is 403 g/mol. The number of nitrogens with zero attached hydrogens (tertiary/aromatic N) is 1. The summed E-state index contributed by atoms with van der Waals surface area (Å²) < 4.78 is 40.7. The zero-order chi connectivity index (χ0) is 21.7. The first-order chi connectivity index (χ1) is 14.3. The molecule has 0 aliphatic heterocycles. The molecule has 30 heavy (non-hydrogen) atoms. The van der Waals surface area contributed by atoms with Crippen molar-refractivity contribution in [3.8, 4) is 0 Å². The van der Waals surface area contributed by atoms with Gasteiger partial charge in [-0.15, -0.1) is 0 Å². The van der Waals surface area contributed by atoms with Crippen LogP contribution in [0.5, 0.6) is 0 Å². The van der Waals surface area contributed by atoms with E-state index in [0.717, 1.165) is 34.0 Å². The lowest BCUT2D eigenvalue weighted by Crippen LogP contribution is -2.38. The molecule has 0 saturated carbocycles. The van der Waals surface area contributed by atoms with Crippen LogP contribution in [0.3, 0.4) is 0 Å². The molecule has 0 fully saturated rings. The number of anilines is 2. The van der Waals surface area contributed by atoms with E-state index >= 15 is 0 Å². The third-order valence-electron chi connectivity index (χ3n) is 4.66. The maximum absolute atomic E-state index is 13.3. The number of halogens is 1. The highest BCUT2D eigenvalue weighted by Crippen LogP contribution is 2.24. The lowest BCUT2D eigenvalue weighted by atomic mass is 10.1. The number of hydrogen-bond acceptors (Lipinski definition) is 3. The summed E-state index contributed by atoms with van der Waals surface area (Å²) in [5.41, 5.74) is 3.02. The summed E-state index contributed by atoms with van der Waals surface area (Å²) in [6.45, 7) is 3.50. The second-order valence-corrected chi connectivity index (χ2v) is 8.76. The minimum atomic E-state index is -4.08. The van der Waals surface area contributed by atoms with Gasteiger partial charge < -0.3 is 5.32 Å². The summed E-state index contributed by atoms with van der Waals surface area (Å²) in [6, 6.07) is 18.7. The molecule has 0 saturated heterocycles. The molecule has 5 nitrogen and oxygen atoms in total. The molecule has 0 aromatic heterocycles. The Balaban J connectivity index is 1.90. The number of amides is 1. The summed E-state index contributed by atoms with van der Waals surface area (Å²) in [6.07, 6.45) is 0.880. The van der Waals surface area contributed by atoms with Crippen LogP contribution >= 0.6 is 0 Å². The van der Waals surface area contributed by atoms with Gasteiger partial charge in [-0.05, 0) is 67.4 Å². The molecule has 1 amide bonds. The second-order valence-electron chi connectivity index (χ2n) is 6.90. The fourth-order valence-corrected chi connectivity index (χ4v) is 4.34. The summed E-state index contributed by atoms with van der Waals surface area (Å²) in [4.78, 5) is 12.6. The first kappa shape index (κ1) is 21.5. The Morgan fingerprint density at radius 2 is 1.53 bits per heavy atom. The topological polar surface area (TPSA) is 66.5 Å². The molecular formula is C23H23FN2O3S. The zero-order valence-electron chi connectivity index (χ0n) is 16.8.